The first-order valence-electron chi connectivity index (χ1n) is 6.12. The minimum Gasteiger partial charge on any atom is -0.309 e. The largest absolute Gasteiger partial charge is 0.309 e. The van der Waals surface area contributed by atoms with Gasteiger partial charge >= 0.3 is 0 Å². The van der Waals surface area contributed by atoms with Crippen molar-refractivity contribution < 1.29 is 0 Å². The Kier molecular flexibility index (Phi) is 4.05. The van der Waals surface area contributed by atoms with Gasteiger partial charge in [-0.3, -0.25) is 0 Å². The second-order valence-electron chi connectivity index (χ2n) is 4.58. The van der Waals surface area contributed by atoms with Gasteiger partial charge in [-0.05, 0) is 55.3 Å². The van der Waals surface area contributed by atoms with E-state index >= 15 is 0 Å². The molecule has 0 bridgehead atoms. The maximum Gasteiger partial charge on any atom is 0.0580 e. The Labute approximate surface area is 114 Å². The lowest BCUT2D eigenvalue weighted by atomic mass is 9.91. The molecule has 1 N–H and O–H groups in total. The molecule has 1 atom stereocenters. The Morgan fingerprint density at radius 1 is 1.00 bits per heavy atom. The van der Waals surface area contributed by atoms with Gasteiger partial charge in [0, 0.05) is 5.02 Å². The maximum absolute atomic E-state index is 6.09. The lowest BCUT2D eigenvalue weighted by molar-refractivity contribution is 0.683. The van der Waals surface area contributed by atoms with Crippen LogP contribution in [0.4, 0.5) is 0 Å². The molecule has 1 nitrogen and oxygen atoms in total. The summed E-state index contributed by atoms with van der Waals surface area (Å²) in [5, 5.41) is 4.16. The van der Waals surface area contributed by atoms with Crippen LogP contribution < -0.4 is 5.32 Å². The quantitative estimate of drug-likeness (QED) is 0.868. The first kappa shape index (κ1) is 13.1. The van der Waals surface area contributed by atoms with E-state index in [0.29, 0.717) is 0 Å². The third-order valence-corrected chi connectivity index (χ3v) is 3.54. The summed E-state index contributed by atoms with van der Waals surface area (Å²) in [6.07, 6.45) is 0. The summed E-state index contributed by atoms with van der Waals surface area (Å²) in [4.78, 5) is 0. The predicted molar refractivity (Wildman–Crippen MR) is 78.3 cm³/mol. The SMILES string of the molecule is CNC(c1cccc(Cl)c1)c1c(C)cccc1C. The van der Waals surface area contributed by atoms with Gasteiger partial charge in [-0.1, -0.05) is 41.9 Å². The van der Waals surface area contributed by atoms with Gasteiger partial charge in [-0.2, -0.15) is 0 Å². The molecule has 0 amide bonds. The molecule has 0 heterocycles. The van der Waals surface area contributed by atoms with Crippen LogP contribution >= 0.6 is 11.6 Å². The molecule has 0 aliphatic rings. The highest BCUT2D eigenvalue weighted by Crippen LogP contribution is 2.28. The summed E-state index contributed by atoms with van der Waals surface area (Å²) >= 11 is 6.09. The molecule has 0 saturated carbocycles. The number of hydrogen-bond donors (Lipinski definition) is 1. The molecular weight excluding hydrogens is 242 g/mol. The van der Waals surface area contributed by atoms with Crippen LogP contribution in [0, 0.1) is 13.8 Å². The highest BCUT2D eigenvalue weighted by atomic mass is 35.5. The van der Waals surface area contributed by atoms with Gasteiger partial charge in [-0.15, -0.1) is 0 Å². The number of hydrogen-bond acceptors (Lipinski definition) is 1. The van der Waals surface area contributed by atoms with Crippen LogP contribution in [0.2, 0.25) is 5.02 Å². The Morgan fingerprint density at radius 2 is 1.61 bits per heavy atom. The third kappa shape index (κ3) is 2.58. The third-order valence-electron chi connectivity index (χ3n) is 3.30. The van der Waals surface area contributed by atoms with E-state index in [1.807, 2.05) is 25.2 Å². The highest BCUT2D eigenvalue weighted by molar-refractivity contribution is 6.30. The van der Waals surface area contributed by atoms with Crippen molar-refractivity contribution in [2.75, 3.05) is 7.05 Å². The van der Waals surface area contributed by atoms with Crippen molar-refractivity contribution in [1.29, 1.82) is 0 Å². The van der Waals surface area contributed by atoms with Crippen molar-refractivity contribution >= 4 is 11.6 Å². The molecule has 0 spiro atoms. The van der Waals surface area contributed by atoms with Gasteiger partial charge in [0.2, 0.25) is 0 Å². The van der Waals surface area contributed by atoms with Gasteiger partial charge < -0.3 is 5.32 Å². The monoisotopic (exact) mass is 259 g/mol. The van der Waals surface area contributed by atoms with Crippen LogP contribution in [0.25, 0.3) is 0 Å². The predicted octanol–water partition coefficient (Wildman–Crippen LogP) is 4.27. The minimum atomic E-state index is 0.185. The van der Waals surface area contributed by atoms with Gasteiger partial charge in [0.1, 0.15) is 0 Å². The molecule has 2 heteroatoms. The highest BCUT2D eigenvalue weighted by Gasteiger charge is 2.16. The van der Waals surface area contributed by atoms with E-state index in [4.69, 9.17) is 11.6 Å². The number of rotatable bonds is 3. The number of aryl methyl sites for hydroxylation is 2. The molecule has 1 unspecified atom stereocenters. The van der Waals surface area contributed by atoms with Crippen LogP contribution in [-0.4, -0.2) is 7.05 Å². The van der Waals surface area contributed by atoms with Crippen LogP contribution in [0.1, 0.15) is 28.3 Å². The number of benzene rings is 2. The Morgan fingerprint density at radius 3 is 2.17 bits per heavy atom. The van der Waals surface area contributed by atoms with Gasteiger partial charge in [0.25, 0.3) is 0 Å². The first-order valence-corrected chi connectivity index (χ1v) is 6.50. The smallest absolute Gasteiger partial charge is 0.0580 e. The maximum atomic E-state index is 6.09. The van der Waals surface area contributed by atoms with Crippen molar-refractivity contribution in [3.8, 4) is 0 Å². The van der Waals surface area contributed by atoms with E-state index < -0.39 is 0 Å². The molecule has 0 saturated heterocycles. The average Bonchev–Trinajstić information content (AvgIpc) is 2.34. The zero-order valence-corrected chi connectivity index (χ0v) is 11.8. The van der Waals surface area contributed by atoms with Crippen LogP contribution in [0.5, 0.6) is 0 Å². The zero-order chi connectivity index (χ0) is 13.1. The second kappa shape index (κ2) is 5.55. The van der Waals surface area contributed by atoms with E-state index in [0.717, 1.165) is 5.02 Å². The van der Waals surface area contributed by atoms with Crippen molar-refractivity contribution in [3.63, 3.8) is 0 Å². The molecule has 18 heavy (non-hydrogen) atoms. The van der Waals surface area contributed by atoms with E-state index in [-0.39, 0.29) is 6.04 Å². The van der Waals surface area contributed by atoms with Crippen LogP contribution in [0.3, 0.4) is 0 Å². The number of halogens is 1. The van der Waals surface area contributed by atoms with E-state index in [1.165, 1.54) is 22.3 Å². The van der Waals surface area contributed by atoms with Crippen LogP contribution in [0.15, 0.2) is 42.5 Å². The Bertz CT molecular complexity index is 528. The molecule has 94 valence electrons. The summed E-state index contributed by atoms with van der Waals surface area (Å²) in [6, 6.07) is 14.6. The number of nitrogens with one attached hydrogen (secondary N) is 1. The fraction of sp³-hybridized carbons (Fsp3) is 0.250. The van der Waals surface area contributed by atoms with Gasteiger partial charge in [0.15, 0.2) is 0 Å². The Hall–Kier alpha value is -1.31. The fourth-order valence-corrected chi connectivity index (χ4v) is 2.65. The van der Waals surface area contributed by atoms with E-state index in [2.05, 4.69) is 43.4 Å². The summed E-state index contributed by atoms with van der Waals surface area (Å²) in [5.41, 5.74) is 5.13. The molecule has 0 fully saturated rings. The summed E-state index contributed by atoms with van der Waals surface area (Å²) in [7, 11) is 1.98. The van der Waals surface area contributed by atoms with Gasteiger partial charge in [-0.25, -0.2) is 0 Å². The standard InChI is InChI=1S/C16H18ClN/c1-11-6-4-7-12(2)15(11)16(18-3)13-8-5-9-14(17)10-13/h4-10,16,18H,1-3H3. The molecule has 0 aliphatic heterocycles. The summed E-state index contributed by atoms with van der Waals surface area (Å²) < 4.78 is 0. The zero-order valence-electron chi connectivity index (χ0n) is 11.0. The van der Waals surface area contributed by atoms with Gasteiger partial charge in [0.05, 0.1) is 6.04 Å². The molecular formula is C16H18ClN. The first-order chi connectivity index (χ1) is 8.63. The second-order valence-corrected chi connectivity index (χ2v) is 5.02. The van der Waals surface area contributed by atoms with Crippen molar-refractivity contribution in [2.45, 2.75) is 19.9 Å². The molecule has 0 radical (unpaired) electrons. The average molecular weight is 260 g/mol. The van der Waals surface area contributed by atoms with Crippen molar-refractivity contribution in [1.82, 2.24) is 5.32 Å². The molecule has 0 aliphatic carbocycles. The van der Waals surface area contributed by atoms with Crippen molar-refractivity contribution in [3.05, 3.63) is 69.7 Å². The molecule has 0 aromatic heterocycles. The molecule has 2 aromatic carbocycles. The topological polar surface area (TPSA) is 12.0 Å². The minimum absolute atomic E-state index is 0.185. The fourth-order valence-electron chi connectivity index (χ4n) is 2.45. The lowest BCUT2D eigenvalue weighted by Gasteiger charge is -2.21. The summed E-state index contributed by atoms with van der Waals surface area (Å²) in [5.74, 6) is 0. The normalized spacial score (nSPS) is 12.4. The van der Waals surface area contributed by atoms with Crippen molar-refractivity contribution in [2.24, 2.45) is 0 Å². The van der Waals surface area contributed by atoms with E-state index in [1.54, 1.807) is 0 Å². The van der Waals surface area contributed by atoms with E-state index in [9.17, 15) is 0 Å². The molecule has 2 aromatic rings. The Balaban J connectivity index is 2.52. The lowest BCUT2D eigenvalue weighted by Crippen LogP contribution is -2.19. The van der Waals surface area contributed by atoms with Crippen LogP contribution in [-0.2, 0) is 0 Å². The molecule has 2 rings (SSSR count). The summed E-state index contributed by atoms with van der Waals surface area (Å²) in [6.45, 7) is 4.30.